The van der Waals surface area contributed by atoms with Gasteiger partial charge in [-0.1, -0.05) is 23.7 Å². The Morgan fingerprint density at radius 1 is 1.00 bits per heavy atom. The average Bonchev–Trinajstić information content (AvgIpc) is 2.75. The van der Waals surface area contributed by atoms with Crippen molar-refractivity contribution in [2.24, 2.45) is 0 Å². The summed E-state index contributed by atoms with van der Waals surface area (Å²) in [5.41, 5.74) is 1.62. The molecule has 2 aromatic rings. The lowest BCUT2D eigenvalue weighted by Crippen LogP contribution is -2.48. The number of piperidine rings is 1. The maximum Gasteiger partial charge on any atom is 0.161 e. The molecule has 1 spiro atoms. The van der Waals surface area contributed by atoms with Gasteiger partial charge in [0.1, 0.15) is 24.6 Å². The topological polar surface area (TPSA) is 51.2 Å². The van der Waals surface area contributed by atoms with Crippen molar-refractivity contribution in [3.63, 3.8) is 0 Å². The largest absolute Gasteiger partial charge is 0.486 e. The summed E-state index contributed by atoms with van der Waals surface area (Å²) < 4.78 is 17.5. The molecule has 3 aliphatic heterocycles. The van der Waals surface area contributed by atoms with Crippen molar-refractivity contribution in [1.82, 2.24) is 4.90 Å². The van der Waals surface area contributed by atoms with Gasteiger partial charge in [0.25, 0.3) is 0 Å². The van der Waals surface area contributed by atoms with Crippen molar-refractivity contribution in [3.05, 3.63) is 58.6 Å². The third-order valence-electron chi connectivity index (χ3n) is 5.94. The quantitative estimate of drug-likeness (QED) is 0.821. The lowest BCUT2D eigenvalue weighted by Gasteiger charge is -2.42. The van der Waals surface area contributed by atoms with Gasteiger partial charge >= 0.3 is 0 Å². The van der Waals surface area contributed by atoms with Crippen LogP contribution >= 0.6 is 11.6 Å². The Morgan fingerprint density at radius 3 is 2.59 bits per heavy atom. The van der Waals surface area contributed by atoms with E-state index in [1.54, 1.807) is 0 Å². The molecule has 1 fully saturated rings. The van der Waals surface area contributed by atoms with E-state index in [0.29, 0.717) is 25.5 Å². The van der Waals surface area contributed by atoms with Crippen molar-refractivity contribution in [2.75, 3.05) is 32.8 Å². The highest BCUT2D eigenvalue weighted by atomic mass is 35.5. The Balaban J connectivity index is 1.21. The Bertz CT molecular complexity index is 936. The van der Waals surface area contributed by atoms with Crippen LogP contribution in [0.4, 0.5) is 0 Å². The molecule has 5 rings (SSSR count). The zero-order valence-electron chi connectivity index (χ0n) is 16.1. The smallest absolute Gasteiger partial charge is 0.161 e. The monoisotopic (exact) mass is 413 g/mol. The molecule has 1 atom stereocenters. The highest BCUT2D eigenvalue weighted by Gasteiger charge is 2.37. The number of hydrogen-bond donors (Lipinski definition) is 1. The standard InChI is InChI=1S/C23H24ClNO4/c24-18-2-4-20-17(13-18)5-6-23(29-20)7-9-25(10-8-23)15-19(26)16-1-3-21-22(14-16)28-12-11-27-21/h1-6,13-14,19,26H,7-12,15H2. The number of halogens is 1. The highest BCUT2D eigenvalue weighted by molar-refractivity contribution is 6.30. The van der Waals surface area contributed by atoms with Crippen molar-refractivity contribution in [2.45, 2.75) is 24.5 Å². The van der Waals surface area contributed by atoms with E-state index in [1.807, 2.05) is 36.4 Å². The van der Waals surface area contributed by atoms with Crippen LogP contribution in [0.1, 0.15) is 30.1 Å². The summed E-state index contributed by atoms with van der Waals surface area (Å²) in [4.78, 5) is 2.29. The summed E-state index contributed by atoms with van der Waals surface area (Å²) in [5, 5.41) is 11.5. The molecule has 0 bridgehead atoms. The molecule has 1 saturated heterocycles. The van der Waals surface area contributed by atoms with Gasteiger partial charge in [0.05, 0.1) is 6.10 Å². The first-order valence-corrected chi connectivity index (χ1v) is 10.5. The number of benzene rings is 2. The molecule has 0 radical (unpaired) electrons. The summed E-state index contributed by atoms with van der Waals surface area (Å²) in [6.07, 6.45) is 5.49. The molecule has 152 valence electrons. The van der Waals surface area contributed by atoms with Gasteiger partial charge in [0.2, 0.25) is 0 Å². The van der Waals surface area contributed by atoms with Crippen LogP contribution < -0.4 is 14.2 Å². The minimum absolute atomic E-state index is 0.265. The molecule has 1 N–H and O–H groups in total. The molecule has 5 nitrogen and oxygen atoms in total. The first-order chi connectivity index (χ1) is 14.1. The number of aliphatic hydroxyl groups excluding tert-OH is 1. The van der Waals surface area contributed by atoms with Crippen molar-refractivity contribution >= 4 is 17.7 Å². The number of aliphatic hydroxyl groups is 1. The number of fused-ring (bicyclic) bond motifs is 2. The second kappa shape index (κ2) is 7.56. The van der Waals surface area contributed by atoms with Crippen LogP contribution in [-0.4, -0.2) is 48.5 Å². The first-order valence-electron chi connectivity index (χ1n) is 10.1. The Labute approximate surface area is 175 Å². The number of β-amino-alcohol motifs (C(OH)–C–C–N with tert-alkyl or cyclic N) is 1. The Hall–Kier alpha value is -2.21. The number of hydrogen-bond acceptors (Lipinski definition) is 5. The number of likely N-dealkylation sites (tertiary alicyclic amines) is 1. The second-order valence-corrected chi connectivity index (χ2v) is 8.34. The summed E-state index contributed by atoms with van der Waals surface area (Å²) >= 11 is 6.08. The molecular formula is C23H24ClNO4. The minimum Gasteiger partial charge on any atom is -0.486 e. The summed E-state index contributed by atoms with van der Waals surface area (Å²) in [6.45, 7) is 3.44. The SMILES string of the molecule is OC(CN1CCC2(C=Cc3cc(Cl)ccc3O2)CC1)c1ccc2c(c1)OCCO2. The summed E-state index contributed by atoms with van der Waals surface area (Å²) in [6, 6.07) is 11.4. The highest BCUT2D eigenvalue weighted by Crippen LogP contribution is 2.38. The molecule has 6 heteroatoms. The summed E-state index contributed by atoms with van der Waals surface area (Å²) in [5.74, 6) is 2.35. The molecule has 0 aliphatic carbocycles. The maximum absolute atomic E-state index is 10.7. The van der Waals surface area contributed by atoms with E-state index in [4.69, 9.17) is 25.8 Å². The summed E-state index contributed by atoms with van der Waals surface area (Å²) in [7, 11) is 0. The van der Waals surface area contributed by atoms with Gasteiger partial charge in [0, 0.05) is 43.1 Å². The number of nitrogens with zero attached hydrogens (tertiary/aromatic N) is 1. The maximum atomic E-state index is 10.7. The van der Waals surface area contributed by atoms with Crippen LogP contribution in [0.5, 0.6) is 17.2 Å². The molecule has 2 aromatic carbocycles. The van der Waals surface area contributed by atoms with Gasteiger partial charge in [-0.05, 0) is 42.0 Å². The van der Waals surface area contributed by atoms with E-state index < -0.39 is 6.10 Å². The molecule has 3 aliphatic rings. The van der Waals surface area contributed by atoms with Crippen molar-refractivity contribution < 1.29 is 19.3 Å². The second-order valence-electron chi connectivity index (χ2n) is 7.90. The van der Waals surface area contributed by atoms with Gasteiger partial charge in [0.15, 0.2) is 11.5 Å². The fraction of sp³-hybridized carbons (Fsp3) is 0.391. The zero-order chi connectivity index (χ0) is 19.8. The molecule has 0 aromatic heterocycles. The van der Waals surface area contributed by atoms with E-state index >= 15 is 0 Å². The molecule has 0 amide bonds. The van der Waals surface area contributed by atoms with Crippen molar-refractivity contribution in [1.29, 1.82) is 0 Å². The normalized spacial score (nSPS) is 20.8. The van der Waals surface area contributed by atoms with Crippen LogP contribution in [0, 0.1) is 0 Å². The minimum atomic E-state index is -0.564. The van der Waals surface area contributed by atoms with Gasteiger partial charge in [-0.15, -0.1) is 0 Å². The molecule has 3 heterocycles. The Kier molecular flexibility index (Phi) is 4.90. The fourth-order valence-corrected chi connectivity index (χ4v) is 4.42. The van der Waals surface area contributed by atoms with Crippen molar-refractivity contribution in [3.8, 4) is 17.2 Å². The fourth-order valence-electron chi connectivity index (χ4n) is 4.24. The molecule has 29 heavy (non-hydrogen) atoms. The van der Waals surface area contributed by atoms with Gasteiger partial charge < -0.3 is 24.2 Å². The average molecular weight is 414 g/mol. The number of ether oxygens (including phenoxy) is 3. The third kappa shape index (κ3) is 3.82. The number of rotatable bonds is 3. The van der Waals surface area contributed by atoms with E-state index in [0.717, 1.165) is 53.6 Å². The van der Waals surface area contributed by atoms with Crippen LogP contribution in [0.2, 0.25) is 5.02 Å². The van der Waals surface area contributed by atoms with Gasteiger partial charge in [-0.3, -0.25) is 0 Å². The van der Waals surface area contributed by atoms with Gasteiger partial charge in [-0.2, -0.15) is 0 Å². The van der Waals surface area contributed by atoms with E-state index in [-0.39, 0.29) is 5.60 Å². The van der Waals surface area contributed by atoms with Crippen LogP contribution in [0.25, 0.3) is 6.08 Å². The van der Waals surface area contributed by atoms with Crippen LogP contribution in [0.3, 0.4) is 0 Å². The lowest BCUT2D eigenvalue weighted by atomic mass is 9.88. The third-order valence-corrected chi connectivity index (χ3v) is 6.17. The Morgan fingerprint density at radius 2 is 1.76 bits per heavy atom. The molecular weight excluding hydrogens is 390 g/mol. The van der Waals surface area contributed by atoms with Gasteiger partial charge in [-0.25, -0.2) is 0 Å². The van der Waals surface area contributed by atoms with E-state index in [2.05, 4.69) is 17.1 Å². The molecule has 1 unspecified atom stereocenters. The predicted octanol–water partition coefficient (Wildman–Crippen LogP) is 4.09. The van der Waals surface area contributed by atoms with Crippen LogP contribution in [0.15, 0.2) is 42.5 Å². The zero-order valence-corrected chi connectivity index (χ0v) is 16.9. The van der Waals surface area contributed by atoms with E-state index in [1.165, 1.54) is 0 Å². The van der Waals surface area contributed by atoms with E-state index in [9.17, 15) is 5.11 Å². The lowest BCUT2D eigenvalue weighted by molar-refractivity contribution is 0.0200. The molecule has 0 saturated carbocycles. The first kappa shape index (κ1) is 18.8. The van der Waals surface area contributed by atoms with Crippen LogP contribution in [-0.2, 0) is 0 Å². The predicted molar refractivity (Wildman–Crippen MR) is 112 cm³/mol.